The molecule has 0 unspecified atom stereocenters. The molecular formula is C26H29N5O3S. The molecule has 0 saturated carbocycles. The number of aryl methyl sites for hydroxylation is 1. The number of anilines is 2. The molecule has 3 aliphatic rings. The lowest BCUT2D eigenvalue weighted by molar-refractivity contribution is -0.156. The Morgan fingerprint density at radius 1 is 1.34 bits per heavy atom. The molecule has 35 heavy (non-hydrogen) atoms. The second-order valence-corrected chi connectivity index (χ2v) is 11.1. The number of rotatable bonds is 6. The smallest absolute Gasteiger partial charge is 0.226 e. The summed E-state index contributed by atoms with van der Waals surface area (Å²) in [5, 5.41) is 14.6. The van der Waals surface area contributed by atoms with E-state index in [1.54, 1.807) is 29.5 Å². The van der Waals surface area contributed by atoms with Crippen molar-refractivity contribution >= 4 is 45.2 Å². The number of β-amino-alcohol motifs (C(OH)–C–C–N with tert-alkyl or cyclic N) is 1. The molecule has 2 aliphatic heterocycles. The summed E-state index contributed by atoms with van der Waals surface area (Å²) in [6.45, 7) is 6.05. The molecule has 182 valence electrons. The van der Waals surface area contributed by atoms with Crippen molar-refractivity contribution in [3.8, 4) is 5.75 Å². The maximum atomic E-state index is 13.0. The lowest BCUT2D eigenvalue weighted by Gasteiger charge is -2.45. The molecule has 9 heteroatoms. The highest BCUT2D eigenvalue weighted by molar-refractivity contribution is 7.19. The van der Waals surface area contributed by atoms with Crippen LogP contribution < -0.4 is 10.1 Å². The number of hydrogen-bond donors (Lipinski definition) is 2. The van der Waals surface area contributed by atoms with Gasteiger partial charge in [-0.1, -0.05) is 6.92 Å². The zero-order valence-electron chi connectivity index (χ0n) is 20.0. The average Bonchev–Trinajstić information content (AvgIpc) is 3.44. The first-order valence-corrected chi connectivity index (χ1v) is 13.1. The number of aromatic nitrogens is 2. The molecule has 0 spiro atoms. The Hall–Kier alpha value is -3.04. The van der Waals surface area contributed by atoms with Gasteiger partial charge in [0, 0.05) is 17.0 Å². The number of ether oxygens (including phenoxy) is 1. The van der Waals surface area contributed by atoms with Crippen LogP contribution in [0.3, 0.4) is 0 Å². The minimum Gasteiger partial charge on any atom is -0.491 e. The van der Waals surface area contributed by atoms with Crippen LogP contribution in [-0.4, -0.2) is 57.4 Å². The largest absolute Gasteiger partial charge is 0.491 e. The van der Waals surface area contributed by atoms with Gasteiger partial charge in [0.15, 0.2) is 0 Å². The van der Waals surface area contributed by atoms with E-state index in [1.807, 2.05) is 6.21 Å². The lowest BCUT2D eigenvalue weighted by Crippen LogP contribution is -2.63. The molecule has 1 fully saturated rings. The second-order valence-electron chi connectivity index (χ2n) is 10.0. The number of aliphatic hydroxyl groups is 1. The van der Waals surface area contributed by atoms with Crippen LogP contribution in [0.2, 0.25) is 0 Å². The molecule has 1 aliphatic carbocycles. The summed E-state index contributed by atoms with van der Waals surface area (Å²) >= 11 is 1.66. The highest BCUT2D eigenvalue weighted by Gasteiger charge is 2.42. The molecule has 1 atom stereocenters. The monoisotopic (exact) mass is 491 g/mol. The average molecular weight is 492 g/mol. The molecule has 4 heterocycles. The van der Waals surface area contributed by atoms with Gasteiger partial charge in [0.1, 0.15) is 22.7 Å². The maximum absolute atomic E-state index is 13.0. The molecule has 0 bridgehead atoms. The fourth-order valence-electron chi connectivity index (χ4n) is 5.30. The molecule has 0 radical (unpaired) electrons. The van der Waals surface area contributed by atoms with Gasteiger partial charge in [-0.15, -0.1) is 11.3 Å². The first-order chi connectivity index (χ1) is 16.9. The summed E-state index contributed by atoms with van der Waals surface area (Å²) in [4.78, 5) is 30.5. The summed E-state index contributed by atoms with van der Waals surface area (Å²) in [6.07, 6.45) is 6.75. The molecule has 1 saturated heterocycles. The summed E-state index contributed by atoms with van der Waals surface area (Å²) in [5.74, 6) is 1.69. The van der Waals surface area contributed by atoms with E-state index in [0.29, 0.717) is 32.7 Å². The van der Waals surface area contributed by atoms with Gasteiger partial charge in [0.2, 0.25) is 5.91 Å². The summed E-state index contributed by atoms with van der Waals surface area (Å²) < 4.78 is 6.06. The van der Waals surface area contributed by atoms with Crippen LogP contribution in [-0.2, 0) is 24.2 Å². The molecule has 2 N–H and O–H groups in total. The van der Waals surface area contributed by atoms with Gasteiger partial charge in [0.25, 0.3) is 0 Å². The Bertz CT molecular complexity index is 1340. The van der Waals surface area contributed by atoms with Crippen molar-refractivity contribution in [1.82, 2.24) is 14.9 Å². The number of nitrogens with one attached hydrogen (secondary N) is 1. The van der Waals surface area contributed by atoms with E-state index in [4.69, 9.17) is 4.74 Å². The van der Waals surface area contributed by atoms with Crippen molar-refractivity contribution in [3.63, 3.8) is 0 Å². The van der Waals surface area contributed by atoms with Crippen molar-refractivity contribution in [2.45, 2.75) is 51.7 Å². The summed E-state index contributed by atoms with van der Waals surface area (Å²) in [5.41, 5.74) is 3.64. The van der Waals surface area contributed by atoms with Crippen LogP contribution in [0.15, 0.2) is 23.5 Å². The van der Waals surface area contributed by atoms with E-state index >= 15 is 0 Å². The Morgan fingerprint density at radius 2 is 2.20 bits per heavy atom. The fourth-order valence-corrected chi connectivity index (χ4v) is 6.57. The first kappa shape index (κ1) is 22.4. The van der Waals surface area contributed by atoms with Gasteiger partial charge in [-0.25, -0.2) is 9.97 Å². The van der Waals surface area contributed by atoms with Crippen molar-refractivity contribution in [1.29, 1.82) is 0 Å². The maximum Gasteiger partial charge on any atom is 0.226 e. The minimum absolute atomic E-state index is 0.0407. The first-order valence-electron chi connectivity index (χ1n) is 12.2. The van der Waals surface area contributed by atoms with Crippen molar-refractivity contribution < 1.29 is 14.6 Å². The van der Waals surface area contributed by atoms with Gasteiger partial charge in [-0.2, -0.15) is 0 Å². The molecule has 3 aromatic rings. The third kappa shape index (κ3) is 4.06. The Kier molecular flexibility index (Phi) is 5.49. The SMILES string of the molecule is CCCOc1cc2c(cc1Nc1ncnc3sc4c(c13)CC[C@H](C(=O)N1CC(C)(O)C1)C4)C=NC2. The number of nitrogens with zero attached hydrogens (tertiary/aromatic N) is 4. The van der Waals surface area contributed by atoms with Crippen LogP contribution in [0.1, 0.15) is 48.3 Å². The molecule has 1 amide bonds. The van der Waals surface area contributed by atoms with Crippen LogP contribution in [0.25, 0.3) is 10.2 Å². The van der Waals surface area contributed by atoms with Crippen LogP contribution in [0.5, 0.6) is 5.75 Å². The van der Waals surface area contributed by atoms with Gasteiger partial charge in [-0.05, 0) is 61.4 Å². The Labute approximate surface area is 208 Å². The fraction of sp³-hybridized carbons (Fsp3) is 0.462. The number of carbonyl (C=O) groups excluding carboxylic acids is 1. The van der Waals surface area contributed by atoms with Gasteiger partial charge in [-0.3, -0.25) is 9.79 Å². The number of fused-ring (bicyclic) bond motifs is 4. The highest BCUT2D eigenvalue weighted by Crippen LogP contribution is 2.42. The quantitative estimate of drug-likeness (QED) is 0.543. The zero-order chi connectivity index (χ0) is 24.2. The molecule has 8 nitrogen and oxygen atoms in total. The lowest BCUT2D eigenvalue weighted by atomic mass is 9.85. The number of likely N-dealkylation sites (tertiary alicyclic amines) is 1. The van der Waals surface area contributed by atoms with E-state index in [1.165, 1.54) is 16.0 Å². The van der Waals surface area contributed by atoms with E-state index in [2.05, 4.69) is 39.3 Å². The number of carbonyl (C=O) groups is 1. The van der Waals surface area contributed by atoms with Gasteiger partial charge in [0.05, 0.1) is 42.9 Å². The predicted molar refractivity (Wildman–Crippen MR) is 137 cm³/mol. The zero-order valence-corrected chi connectivity index (χ0v) is 20.8. The van der Waals surface area contributed by atoms with Crippen LogP contribution in [0, 0.1) is 5.92 Å². The van der Waals surface area contributed by atoms with Crippen molar-refractivity contribution in [2.24, 2.45) is 10.9 Å². The number of hydrogen-bond acceptors (Lipinski definition) is 8. The third-order valence-electron chi connectivity index (χ3n) is 7.02. The van der Waals surface area contributed by atoms with Gasteiger partial charge < -0.3 is 20.1 Å². The number of thiophene rings is 1. The van der Waals surface area contributed by atoms with Crippen molar-refractivity contribution in [3.05, 3.63) is 40.0 Å². The second kappa shape index (κ2) is 8.57. The van der Waals surface area contributed by atoms with E-state index in [-0.39, 0.29) is 11.8 Å². The van der Waals surface area contributed by atoms with E-state index in [0.717, 1.165) is 52.3 Å². The third-order valence-corrected chi connectivity index (χ3v) is 8.18. The van der Waals surface area contributed by atoms with Gasteiger partial charge >= 0.3 is 0 Å². The van der Waals surface area contributed by atoms with Crippen molar-refractivity contribution in [2.75, 3.05) is 25.0 Å². The molecule has 2 aromatic heterocycles. The number of aliphatic imine (C=N–C) groups is 1. The number of benzene rings is 1. The molecule has 1 aromatic carbocycles. The van der Waals surface area contributed by atoms with Crippen LogP contribution in [0.4, 0.5) is 11.5 Å². The highest BCUT2D eigenvalue weighted by atomic mass is 32.1. The minimum atomic E-state index is -0.744. The number of amides is 1. The Balaban J connectivity index is 1.30. The van der Waals surface area contributed by atoms with Crippen LogP contribution >= 0.6 is 11.3 Å². The predicted octanol–water partition coefficient (Wildman–Crippen LogP) is 3.85. The topological polar surface area (TPSA) is 99.9 Å². The molecule has 6 rings (SSSR count). The Morgan fingerprint density at radius 3 is 3.00 bits per heavy atom. The normalized spacial score (nSPS) is 19.9. The van der Waals surface area contributed by atoms with E-state index < -0.39 is 5.60 Å². The summed E-state index contributed by atoms with van der Waals surface area (Å²) in [7, 11) is 0. The summed E-state index contributed by atoms with van der Waals surface area (Å²) in [6, 6.07) is 4.16. The molecular weight excluding hydrogens is 462 g/mol. The standard InChI is InChI=1S/C26H29N5O3S/c1-3-6-34-20-8-17-11-27-10-16(17)7-19(20)30-23-22-18-5-4-15(25(32)31-12-26(2,33)13-31)9-21(18)35-24(22)29-14-28-23/h7-8,10,14-15,33H,3-6,9,11-13H2,1-2H3,(H,28,29,30)/t15-/m0/s1. The van der Waals surface area contributed by atoms with E-state index in [9.17, 15) is 9.90 Å².